The summed E-state index contributed by atoms with van der Waals surface area (Å²) in [6.07, 6.45) is 2.09. The fraction of sp³-hybridized carbons (Fsp3) is 0.333. The average Bonchev–Trinajstić information content (AvgIpc) is 3.51. The SMILES string of the molecule is COc1ccccc1OCC(O)CNc1cc[nH]c(=O)c1-c1nc2cc3c(cc2[nH]1)C(=O)N(C1CCN(C)CC1)C3=O. The number of amides is 2. The molecule has 0 aliphatic carbocycles. The van der Waals surface area contributed by atoms with Gasteiger partial charge in [-0.2, -0.15) is 0 Å². The molecule has 4 aromatic rings. The van der Waals surface area contributed by atoms with Gasteiger partial charge < -0.3 is 34.8 Å². The van der Waals surface area contributed by atoms with Crippen molar-refractivity contribution in [1.29, 1.82) is 0 Å². The van der Waals surface area contributed by atoms with Crippen molar-refractivity contribution in [2.24, 2.45) is 0 Å². The van der Waals surface area contributed by atoms with Crippen LogP contribution in [0.4, 0.5) is 5.69 Å². The molecule has 1 fully saturated rings. The minimum Gasteiger partial charge on any atom is -0.493 e. The predicted molar refractivity (Wildman–Crippen MR) is 156 cm³/mol. The molecule has 12 nitrogen and oxygen atoms in total. The number of pyridine rings is 1. The van der Waals surface area contributed by atoms with Crippen LogP contribution in [0.3, 0.4) is 0 Å². The van der Waals surface area contributed by atoms with Crippen molar-refractivity contribution >= 4 is 28.5 Å². The highest BCUT2D eigenvalue weighted by Gasteiger charge is 2.41. The number of aromatic amines is 2. The maximum absolute atomic E-state index is 13.3. The number of rotatable bonds is 9. The zero-order valence-corrected chi connectivity index (χ0v) is 23.3. The van der Waals surface area contributed by atoms with Crippen molar-refractivity contribution in [1.82, 2.24) is 24.8 Å². The van der Waals surface area contributed by atoms with Gasteiger partial charge in [0.25, 0.3) is 17.4 Å². The molecule has 6 rings (SSSR count). The number of carbonyl (C=O) groups is 2. The summed E-state index contributed by atoms with van der Waals surface area (Å²) in [6.45, 7) is 1.75. The quantitative estimate of drug-likeness (QED) is 0.222. The molecule has 42 heavy (non-hydrogen) atoms. The number of nitrogens with one attached hydrogen (secondary N) is 3. The molecule has 1 atom stereocenters. The zero-order chi connectivity index (χ0) is 29.4. The van der Waals surface area contributed by atoms with Crippen LogP contribution in [0.25, 0.3) is 22.4 Å². The molecule has 2 aromatic carbocycles. The lowest BCUT2D eigenvalue weighted by Gasteiger charge is -2.33. The summed E-state index contributed by atoms with van der Waals surface area (Å²) in [5.41, 5.74) is 1.94. The number of fused-ring (bicyclic) bond motifs is 2. The van der Waals surface area contributed by atoms with Crippen molar-refractivity contribution in [2.45, 2.75) is 25.0 Å². The van der Waals surface area contributed by atoms with E-state index in [4.69, 9.17) is 9.47 Å². The van der Waals surface area contributed by atoms with Gasteiger partial charge in [0.15, 0.2) is 11.5 Å². The number of para-hydroxylation sites is 2. The summed E-state index contributed by atoms with van der Waals surface area (Å²) in [5.74, 6) is 0.733. The second kappa shape index (κ2) is 11.3. The van der Waals surface area contributed by atoms with Crippen molar-refractivity contribution in [3.8, 4) is 22.9 Å². The van der Waals surface area contributed by atoms with Gasteiger partial charge in [-0.05, 0) is 63.3 Å². The summed E-state index contributed by atoms with van der Waals surface area (Å²) in [5, 5.41) is 13.7. The number of ether oxygens (including phenoxy) is 2. The number of imide groups is 1. The van der Waals surface area contributed by atoms with E-state index < -0.39 is 11.7 Å². The summed E-state index contributed by atoms with van der Waals surface area (Å²) < 4.78 is 11.0. The van der Waals surface area contributed by atoms with Gasteiger partial charge in [0.05, 0.1) is 35.0 Å². The van der Waals surface area contributed by atoms with E-state index in [1.807, 2.05) is 19.2 Å². The van der Waals surface area contributed by atoms with Crippen molar-refractivity contribution < 1.29 is 24.2 Å². The maximum atomic E-state index is 13.3. The van der Waals surface area contributed by atoms with Crippen LogP contribution in [0.15, 0.2) is 53.5 Å². The van der Waals surface area contributed by atoms with Crippen LogP contribution in [0.5, 0.6) is 11.5 Å². The van der Waals surface area contributed by atoms with E-state index in [1.165, 1.54) is 11.1 Å². The number of imidazole rings is 1. The van der Waals surface area contributed by atoms with E-state index in [-0.39, 0.29) is 42.4 Å². The molecule has 1 unspecified atom stereocenters. The lowest BCUT2D eigenvalue weighted by molar-refractivity contribution is 0.0516. The molecule has 4 heterocycles. The van der Waals surface area contributed by atoms with Crippen LogP contribution in [-0.2, 0) is 0 Å². The normalized spacial score (nSPS) is 16.6. The molecule has 1 saturated heterocycles. The third-order valence-corrected chi connectivity index (χ3v) is 7.80. The van der Waals surface area contributed by atoms with E-state index >= 15 is 0 Å². The second-order valence-corrected chi connectivity index (χ2v) is 10.6. The van der Waals surface area contributed by atoms with Gasteiger partial charge in [0.1, 0.15) is 24.1 Å². The molecular weight excluding hydrogens is 540 g/mol. The van der Waals surface area contributed by atoms with E-state index in [0.29, 0.717) is 39.3 Å². The third kappa shape index (κ3) is 5.10. The highest BCUT2D eigenvalue weighted by molar-refractivity contribution is 6.23. The first-order valence-corrected chi connectivity index (χ1v) is 13.8. The summed E-state index contributed by atoms with van der Waals surface area (Å²) >= 11 is 0. The van der Waals surface area contributed by atoms with Gasteiger partial charge in [-0.15, -0.1) is 0 Å². The number of aliphatic hydroxyl groups is 1. The van der Waals surface area contributed by atoms with Crippen molar-refractivity contribution in [3.05, 3.63) is 70.1 Å². The Morgan fingerprint density at radius 3 is 2.52 bits per heavy atom. The number of carbonyl (C=O) groups excluding carboxylic acids is 2. The smallest absolute Gasteiger partial charge is 0.261 e. The van der Waals surface area contributed by atoms with E-state index in [2.05, 4.69) is 25.2 Å². The Kier molecular flexibility index (Phi) is 7.40. The molecule has 0 saturated carbocycles. The molecule has 2 aliphatic heterocycles. The van der Waals surface area contributed by atoms with Crippen LogP contribution >= 0.6 is 0 Å². The lowest BCUT2D eigenvalue weighted by Crippen LogP contribution is -2.46. The predicted octanol–water partition coefficient (Wildman–Crippen LogP) is 2.47. The highest BCUT2D eigenvalue weighted by Crippen LogP contribution is 2.33. The molecular formula is C30H32N6O6. The Labute approximate surface area is 241 Å². The summed E-state index contributed by atoms with van der Waals surface area (Å²) in [6, 6.07) is 11.9. The molecule has 2 aromatic heterocycles. The lowest BCUT2D eigenvalue weighted by atomic mass is 10.0. The Morgan fingerprint density at radius 1 is 1.07 bits per heavy atom. The summed E-state index contributed by atoms with van der Waals surface area (Å²) in [7, 11) is 3.57. The number of hydrogen-bond donors (Lipinski definition) is 4. The topological polar surface area (TPSA) is 153 Å². The van der Waals surface area contributed by atoms with E-state index in [9.17, 15) is 19.5 Å². The average molecular weight is 573 g/mol. The van der Waals surface area contributed by atoms with Crippen LogP contribution < -0.4 is 20.3 Å². The van der Waals surface area contributed by atoms with E-state index in [1.54, 1.807) is 37.4 Å². The Bertz CT molecular complexity index is 1650. The number of anilines is 1. The molecule has 12 heteroatoms. The fourth-order valence-electron chi connectivity index (χ4n) is 5.54. The van der Waals surface area contributed by atoms with Crippen LogP contribution in [0, 0.1) is 0 Å². The molecule has 2 aliphatic rings. The number of benzene rings is 2. The highest BCUT2D eigenvalue weighted by atomic mass is 16.5. The number of nitrogens with zero attached hydrogens (tertiary/aromatic N) is 3. The van der Waals surface area contributed by atoms with Crippen molar-refractivity contribution in [3.63, 3.8) is 0 Å². The molecule has 2 amide bonds. The standard InChI is InChI=1S/C30H32N6O6/c1-35-11-8-17(9-12-35)36-29(39)19-13-22-23(14-20(19)30(36)40)34-27(33-22)26-21(7-10-31-28(26)38)32-15-18(37)16-42-25-6-4-3-5-24(25)41-2/h3-7,10,13-14,17-18,37H,8-9,11-12,15-16H2,1-2H3,(H,33,34)(H2,31,32,38). The molecule has 0 bridgehead atoms. The van der Waals surface area contributed by atoms with Gasteiger partial charge in [0.2, 0.25) is 0 Å². The molecule has 0 spiro atoms. The molecule has 4 N–H and O–H groups in total. The van der Waals surface area contributed by atoms with Gasteiger partial charge in [0, 0.05) is 18.8 Å². The first-order chi connectivity index (χ1) is 20.3. The number of H-pyrrole nitrogens is 2. The number of aliphatic hydroxyl groups excluding tert-OH is 1. The zero-order valence-electron chi connectivity index (χ0n) is 23.3. The number of piperidine rings is 1. The largest absolute Gasteiger partial charge is 0.493 e. The Morgan fingerprint density at radius 2 is 1.79 bits per heavy atom. The van der Waals surface area contributed by atoms with Crippen molar-refractivity contribution in [2.75, 3.05) is 45.7 Å². The van der Waals surface area contributed by atoms with Crippen LogP contribution in [0.2, 0.25) is 0 Å². The number of methoxy groups -OCH3 is 1. The number of hydrogen-bond acceptors (Lipinski definition) is 9. The first kappa shape index (κ1) is 27.5. The third-order valence-electron chi connectivity index (χ3n) is 7.80. The van der Waals surface area contributed by atoms with Gasteiger partial charge in [-0.1, -0.05) is 12.1 Å². The van der Waals surface area contributed by atoms with Gasteiger partial charge in [-0.25, -0.2) is 4.98 Å². The minimum atomic E-state index is -0.898. The first-order valence-electron chi connectivity index (χ1n) is 13.8. The van der Waals surface area contributed by atoms with Gasteiger partial charge in [-0.3, -0.25) is 19.3 Å². The second-order valence-electron chi connectivity index (χ2n) is 10.6. The minimum absolute atomic E-state index is 0.00127. The Hall–Kier alpha value is -4.68. The monoisotopic (exact) mass is 572 g/mol. The van der Waals surface area contributed by atoms with Crippen LogP contribution in [-0.4, -0.2) is 94.2 Å². The van der Waals surface area contributed by atoms with Gasteiger partial charge >= 0.3 is 0 Å². The summed E-state index contributed by atoms with van der Waals surface area (Å²) in [4.78, 5) is 53.5. The van der Waals surface area contributed by atoms with E-state index in [0.717, 1.165) is 25.9 Å². The fourth-order valence-corrected chi connectivity index (χ4v) is 5.54. The Balaban J connectivity index is 1.20. The van der Waals surface area contributed by atoms with Crippen LogP contribution in [0.1, 0.15) is 33.6 Å². The maximum Gasteiger partial charge on any atom is 0.261 e. The molecule has 0 radical (unpaired) electrons. The number of likely N-dealkylation sites (tertiary alicyclic amines) is 1. The number of aromatic nitrogens is 3. The molecule has 218 valence electrons.